The predicted molar refractivity (Wildman–Crippen MR) is 218 cm³/mol. The number of aromatic nitrogens is 4. The summed E-state index contributed by atoms with van der Waals surface area (Å²) in [4.78, 5) is 24.1. The normalized spacial score (nSPS) is 20.2. The van der Waals surface area contributed by atoms with E-state index in [4.69, 9.17) is 20.4 Å². The number of benzene rings is 1. The van der Waals surface area contributed by atoms with Crippen LogP contribution in [0.1, 0.15) is 31.7 Å². The van der Waals surface area contributed by atoms with Crippen LogP contribution in [-0.2, 0) is 41.4 Å². The molecular weight excluding hydrogens is 783 g/mol. The number of sulfonamides is 3. The van der Waals surface area contributed by atoms with Crippen LogP contribution >= 0.6 is 0 Å². The second kappa shape index (κ2) is 19.5. The average molecular weight is 841 g/mol. The van der Waals surface area contributed by atoms with Gasteiger partial charge in [0.15, 0.2) is 0 Å². The zero-order chi connectivity index (χ0) is 40.5. The number of piperidine rings is 1. The third kappa shape index (κ3) is 12.4. The number of likely N-dealkylation sites (N-methyl/N-ethyl adjacent to an activating group) is 1. The highest BCUT2D eigenvalue weighted by atomic mass is 32.2. The summed E-state index contributed by atoms with van der Waals surface area (Å²) in [6.07, 6.45) is 10.4. The summed E-state index contributed by atoms with van der Waals surface area (Å²) in [5.74, 6) is 0.862. The van der Waals surface area contributed by atoms with Crippen molar-refractivity contribution in [3.8, 4) is 11.3 Å². The van der Waals surface area contributed by atoms with Crippen LogP contribution in [0, 0.1) is 0 Å². The lowest BCUT2D eigenvalue weighted by Crippen LogP contribution is -3.14. The van der Waals surface area contributed by atoms with Crippen LogP contribution in [0.2, 0.25) is 0 Å². The van der Waals surface area contributed by atoms with Crippen molar-refractivity contribution >= 4 is 52.9 Å². The van der Waals surface area contributed by atoms with Gasteiger partial charge < -0.3 is 20.3 Å². The maximum atomic E-state index is 11.9. The first-order valence-electron chi connectivity index (χ1n) is 19.1. The molecule has 0 spiro atoms. The fraction of sp³-hybridized carbons (Fsp3) is 0.657. The Bertz CT molecular complexity index is 2070. The van der Waals surface area contributed by atoms with Crippen molar-refractivity contribution in [3.05, 3.63) is 36.2 Å². The number of fused-ring (bicyclic) bond motifs is 1. The first-order chi connectivity index (χ1) is 26.5. The predicted octanol–water partition coefficient (Wildman–Crippen LogP) is -0.819. The van der Waals surface area contributed by atoms with Gasteiger partial charge in [-0.15, -0.1) is 0 Å². The van der Waals surface area contributed by atoms with Crippen molar-refractivity contribution in [1.29, 1.82) is 0 Å². The lowest BCUT2D eigenvalue weighted by Gasteiger charge is -2.33. The fourth-order valence-corrected chi connectivity index (χ4v) is 9.65. The molecule has 2 aromatic heterocycles. The average Bonchev–Trinajstić information content (AvgIpc) is 3.18. The highest BCUT2D eigenvalue weighted by Crippen LogP contribution is 2.31. The van der Waals surface area contributed by atoms with E-state index in [1.54, 1.807) is 21.0 Å². The van der Waals surface area contributed by atoms with E-state index >= 15 is 0 Å². The van der Waals surface area contributed by atoms with Gasteiger partial charge in [0.1, 0.15) is 0 Å². The molecule has 1 aromatic carbocycles. The van der Waals surface area contributed by atoms with Crippen LogP contribution in [-0.4, -0.2) is 180 Å². The molecule has 312 valence electrons. The Labute approximate surface area is 332 Å². The number of quaternary nitrogens is 1. The molecule has 4 aliphatic rings. The second-order valence-corrected chi connectivity index (χ2v) is 20.5. The number of piperazine rings is 2. The summed E-state index contributed by atoms with van der Waals surface area (Å²) >= 11 is 0. The minimum atomic E-state index is -3.16. The highest BCUT2D eigenvalue weighted by molar-refractivity contribution is 7.88. The van der Waals surface area contributed by atoms with E-state index in [9.17, 15) is 25.3 Å². The summed E-state index contributed by atoms with van der Waals surface area (Å²) in [5.41, 5.74) is 9.18. The number of nitrogens with one attached hydrogen (secondary N) is 1. The smallest absolute Gasteiger partial charge is 0.226 e. The number of hydrogen-bond acceptors (Lipinski definition) is 14. The van der Waals surface area contributed by atoms with Gasteiger partial charge >= 0.3 is 0 Å². The molecular formula is C35H58N11O7S3+. The maximum Gasteiger partial charge on any atom is 0.226 e. The van der Waals surface area contributed by atoms with Gasteiger partial charge in [-0.2, -0.15) is 8.61 Å². The van der Waals surface area contributed by atoms with E-state index in [0.717, 1.165) is 86.4 Å². The molecule has 0 bridgehead atoms. The molecule has 0 unspecified atom stereocenters. The van der Waals surface area contributed by atoms with Crippen LogP contribution in [0.5, 0.6) is 0 Å². The molecule has 4 fully saturated rings. The molecule has 3 aromatic rings. The highest BCUT2D eigenvalue weighted by Gasteiger charge is 2.26. The summed E-state index contributed by atoms with van der Waals surface area (Å²) in [5, 5.41) is 0.914. The maximum absolute atomic E-state index is 11.9. The van der Waals surface area contributed by atoms with E-state index in [1.165, 1.54) is 34.4 Å². The molecule has 0 atom stereocenters. The number of rotatable bonds is 8. The molecule has 0 aliphatic carbocycles. The van der Waals surface area contributed by atoms with E-state index in [0.29, 0.717) is 65.0 Å². The molecule has 18 nitrogen and oxygen atoms in total. The zero-order valence-corrected chi connectivity index (χ0v) is 35.5. The van der Waals surface area contributed by atoms with E-state index < -0.39 is 30.1 Å². The second-order valence-electron chi connectivity index (χ2n) is 14.5. The van der Waals surface area contributed by atoms with Crippen LogP contribution in [0.25, 0.3) is 22.2 Å². The van der Waals surface area contributed by atoms with Crippen molar-refractivity contribution in [2.24, 2.45) is 0 Å². The number of hydrogen-bond donors (Lipinski definition) is 2. The van der Waals surface area contributed by atoms with Crippen LogP contribution in [0.4, 0.5) is 11.9 Å². The number of nitrogens with two attached hydrogens (primary N) is 1. The zero-order valence-electron chi connectivity index (χ0n) is 33.0. The Hall–Kier alpha value is -3.15. The van der Waals surface area contributed by atoms with Crippen molar-refractivity contribution in [3.63, 3.8) is 0 Å². The van der Waals surface area contributed by atoms with Crippen molar-refractivity contribution in [2.75, 3.05) is 128 Å². The minimum absolute atomic E-state index is 0.212. The Morgan fingerprint density at radius 1 is 0.714 bits per heavy atom. The number of morpholine rings is 1. The first-order valence-corrected chi connectivity index (χ1v) is 24.7. The molecule has 21 heteroatoms. The molecule has 4 saturated heterocycles. The molecule has 0 saturated carbocycles. The Morgan fingerprint density at radius 3 is 1.80 bits per heavy atom. The molecule has 0 amide bonds. The number of nitrogen functional groups attached to an aromatic ring is 1. The standard InChI is InChI=1S/C22H28N8O3S.C7H16N2O2S.C6H13NO2S/c1-34(31,32)30-7-5-28(6-8-30)15-16-3-2-4-18-19(16)26-22(29-9-11-33-12-10-29)27-20(18)17-13-24-21(23)25-14-17;1-3-8-4-6-9(7-5-8)12(2,10)11;1-10(8,9)7-5-3-2-4-6-7/h2-4,13-14H,5-12,15H2,1H3,(H2,23,24,25);3-7H2,1-2H3;2-6H2,1H3/p+1. The van der Waals surface area contributed by atoms with Crippen molar-refractivity contribution in [1.82, 2.24) is 37.8 Å². The molecule has 7 rings (SSSR count). The lowest BCUT2D eigenvalue weighted by molar-refractivity contribution is -0.901. The summed E-state index contributed by atoms with van der Waals surface area (Å²) in [6, 6.07) is 6.09. The quantitative estimate of drug-likeness (QED) is 0.284. The fourth-order valence-electron chi connectivity index (χ4n) is 7.06. The van der Waals surface area contributed by atoms with E-state index in [2.05, 4.69) is 32.8 Å². The monoisotopic (exact) mass is 840 g/mol. The minimum Gasteiger partial charge on any atom is -0.378 e. The van der Waals surface area contributed by atoms with Crippen LogP contribution in [0.15, 0.2) is 30.6 Å². The van der Waals surface area contributed by atoms with Gasteiger partial charge in [-0.05, 0) is 25.3 Å². The van der Waals surface area contributed by atoms with Crippen molar-refractivity contribution < 1.29 is 34.9 Å². The SMILES string of the molecule is CC[NH+]1CCN(S(C)(=O)=O)CC1.CS(=O)(=O)N1CCCCC1.CS(=O)(=O)N1CCN(Cc2cccc3c(-c4cnc(N)nc4)nc(N4CCOCC4)nc23)CC1. The van der Waals surface area contributed by atoms with Crippen LogP contribution < -0.4 is 15.5 Å². The van der Waals surface area contributed by atoms with Gasteiger partial charge in [-0.3, -0.25) is 4.90 Å². The molecule has 4 aliphatic heterocycles. The largest absolute Gasteiger partial charge is 0.378 e. The Balaban J connectivity index is 0.000000222. The van der Waals surface area contributed by atoms with E-state index in [-0.39, 0.29) is 5.95 Å². The molecule has 3 N–H and O–H groups in total. The van der Waals surface area contributed by atoms with Crippen LogP contribution in [0.3, 0.4) is 0 Å². The molecule has 0 radical (unpaired) electrons. The molecule has 6 heterocycles. The summed E-state index contributed by atoms with van der Waals surface area (Å²) < 4.78 is 77.9. The summed E-state index contributed by atoms with van der Waals surface area (Å²) in [7, 11) is -8.99. The molecule has 56 heavy (non-hydrogen) atoms. The van der Waals surface area contributed by atoms with Gasteiger partial charge in [0.2, 0.25) is 42.0 Å². The van der Waals surface area contributed by atoms with Crippen molar-refractivity contribution in [2.45, 2.75) is 32.7 Å². The number of para-hydroxylation sites is 1. The summed E-state index contributed by atoms with van der Waals surface area (Å²) in [6.45, 7) is 13.6. The Morgan fingerprint density at radius 2 is 1.27 bits per heavy atom. The van der Waals surface area contributed by atoms with Gasteiger partial charge in [0.25, 0.3) is 0 Å². The number of ether oxygens (including phenoxy) is 1. The van der Waals surface area contributed by atoms with Gasteiger partial charge in [-0.25, -0.2) is 49.5 Å². The van der Waals surface area contributed by atoms with Gasteiger partial charge in [-0.1, -0.05) is 24.6 Å². The first kappa shape index (κ1) is 44.0. The third-order valence-corrected chi connectivity index (χ3v) is 14.3. The third-order valence-electron chi connectivity index (χ3n) is 10.4. The van der Waals surface area contributed by atoms with Gasteiger partial charge in [0.05, 0.1) is 75.9 Å². The number of anilines is 2. The van der Waals surface area contributed by atoms with Gasteiger partial charge in [0, 0.05) is 82.2 Å². The number of nitrogens with zero attached hydrogens (tertiary/aromatic N) is 9. The topological polar surface area (TPSA) is 210 Å². The van der Waals surface area contributed by atoms with E-state index in [1.807, 2.05) is 12.1 Å². The Kier molecular flexibility index (Phi) is 15.3. The lowest BCUT2D eigenvalue weighted by atomic mass is 10.0.